The van der Waals surface area contributed by atoms with Crippen LogP contribution in [0.3, 0.4) is 0 Å². The van der Waals surface area contributed by atoms with Crippen LogP contribution in [0.2, 0.25) is 0 Å². The van der Waals surface area contributed by atoms with E-state index in [0.29, 0.717) is 12.1 Å². The number of halogens is 1. The fourth-order valence-corrected chi connectivity index (χ4v) is 4.55. The third kappa shape index (κ3) is 5.67. The van der Waals surface area contributed by atoms with Gasteiger partial charge >= 0.3 is 0 Å². The second kappa shape index (κ2) is 9.17. The molecule has 1 aromatic rings. The molecule has 0 saturated heterocycles. The predicted molar refractivity (Wildman–Crippen MR) is 107 cm³/mol. The van der Waals surface area contributed by atoms with Gasteiger partial charge in [0.05, 0.1) is 10.8 Å². The Bertz CT molecular complexity index is 722. The SMILES string of the molecule is CCC(C)NS(=O)(=O)c1cccc(NC(=O)C2CCCCC2(C)N)c1.Cl. The first-order chi connectivity index (χ1) is 11.7. The number of benzene rings is 1. The summed E-state index contributed by atoms with van der Waals surface area (Å²) in [5, 5.41) is 2.84. The third-order valence-corrected chi connectivity index (χ3v) is 6.54. The molecular formula is C18H30ClN3O3S. The van der Waals surface area contributed by atoms with Gasteiger partial charge in [-0.15, -0.1) is 12.4 Å². The highest BCUT2D eigenvalue weighted by Gasteiger charge is 2.37. The molecular weight excluding hydrogens is 374 g/mol. The Morgan fingerprint density at radius 1 is 1.38 bits per heavy atom. The molecule has 1 amide bonds. The van der Waals surface area contributed by atoms with Crippen LogP contribution in [0.5, 0.6) is 0 Å². The zero-order valence-corrected chi connectivity index (χ0v) is 17.3. The molecule has 1 fully saturated rings. The topological polar surface area (TPSA) is 101 Å². The van der Waals surface area contributed by atoms with E-state index in [1.165, 1.54) is 12.1 Å². The van der Waals surface area contributed by atoms with E-state index >= 15 is 0 Å². The van der Waals surface area contributed by atoms with E-state index < -0.39 is 15.6 Å². The lowest BCUT2D eigenvalue weighted by Crippen LogP contribution is -2.51. The van der Waals surface area contributed by atoms with Crippen molar-refractivity contribution in [2.24, 2.45) is 11.7 Å². The Morgan fingerprint density at radius 2 is 2.08 bits per heavy atom. The molecule has 3 atom stereocenters. The first-order valence-electron chi connectivity index (χ1n) is 8.88. The van der Waals surface area contributed by atoms with E-state index in [9.17, 15) is 13.2 Å². The minimum atomic E-state index is -3.60. The standard InChI is InChI=1S/C18H29N3O3S.ClH/c1-4-13(2)21-25(23,24)15-9-7-8-14(12-15)20-17(22)16-10-5-6-11-18(16,3)19;/h7-9,12-13,16,21H,4-6,10-11,19H2,1-3H3,(H,20,22);1H. The average Bonchev–Trinajstić information content (AvgIpc) is 2.54. The fourth-order valence-electron chi connectivity index (χ4n) is 3.18. The van der Waals surface area contributed by atoms with Gasteiger partial charge in [-0.2, -0.15) is 0 Å². The van der Waals surface area contributed by atoms with Gasteiger partial charge in [-0.3, -0.25) is 4.79 Å². The van der Waals surface area contributed by atoms with Gasteiger partial charge in [0.2, 0.25) is 15.9 Å². The van der Waals surface area contributed by atoms with Crippen molar-refractivity contribution in [3.8, 4) is 0 Å². The number of rotatable bonds is 6. The Kier molecular flexibility index (Phi) is 8.07. The van der Waals surface area contributed by atoms with Gasteiger partial charge in [0.25, 0.3) is 0 Å². The molecule has 0 radical (unpaired) electrons. The van der Waals surface area contributed by atoms with Gasteiger partial charge in [-0.1, -0.05) is 25.8 Å². The summed E-state index contributed by atoms with van der Waals surface area (Å²) < 4.78 is 27.4. The summed E-state index contributed by atoms with van der Waals surface area (Å²) in [5.41, 5.74) is 6.23. The van der Waals surface area contributed by atoms with Crippen LogP contribution in [0.15, 0.2) is 29.2 Å². The molecule has 3 unspecified atom stereocenters. The van der Waals surface area contributed by atoms with Crippen LogP contribution in [0.1, 0.15) is 52.9 Å². The zero-order valence-electron chi connectivity index (χ0n) is 15.6. The van der Waals surface area contributed by atoms with Gasteiger partial charge in [-0.25, -0.2) is 13.1 Å². The monoisotopic (exact) mass is 403 g/mol. The van der Waals surface area contributed by atoms with Crippen molar-refractivity contribution in [2.75, 3.05) is 5.32 Å². The summed E-state index contributed by atoms with van der Waals surface area (Å²) in [6.45, 7) is 5.64. The summed E-state index contributed by atoms with van der Waals surface area (Å²) in [4.78, 5) is 12.8. The van der Waals surface area contributed by atoms with Crippen LogP contribution in [0.4, 0.5) is 5.69 Å². The Hall–Kier alpha value is -1.15. The fraction of sp³-hybridized carbons (Fsp3) is 0.611. The molecule has 26 heavy (non-hydrogen) atoms. The van der Waals surface area contributed by atoms with Crippen molar-refractivity contribution < 1.29 is 13.2 Å². The molecule has 8 heteroatoms. The number of nitrogens with two attached hydrogens (primary N) is 1. The van der Waals surface area contributed by atoms with Gasteiger partial charge in [0.1, 0.15) is 0 Å². The summed E-state index contributed by atoms with van der Waals surface area (Å²) in [6, 6.07) is 6.18. The summed E-state index contributed by atoms with van der Waals surface area (Å²) in [5.74, 6) is -0.408. The summed E-state index contributed by atoms with van der Waals surface area (Å²) in [7, 11) is -3.60. The molecule has 0 spiro atoms. The highest BCUT2D eigenvalue weighted by atomic mass is 35.5. The Morgan fingerprint density at radius 3 is 2.69 bits per heavy atom. The molecule has 0 bridgehead atoms. The minimum Gasteiger partial charge on any atom is -0.326 e. The molecule has 0 aromatic heterocycles. The lowest BCUT2D eigenvalue weighted by atomic mass is 9.74. The largest absolute Gasteiger partial charge is 0.326 e. The van der Waals surface area contributed by atoms with Gasteiger partial charge in [-0.05, 0) is 51.3 Å². The average molecular weight is 404 g/mol. The first-order valence-corrected chi connectivity index (χ1v) is 10.4. The van der Waals surface area contributed by atoms with Crippen molar-refractivity contribution in [1.29, 1.82) is 0 Å². The summed E-state index contributed by atoms with van der Waals surface area (Å²) in [6.07, 6.45) is 4.29. The van der Waals surface area contributed by atoms with Gasteiger partial charge < -0.3 is 11.1 Å². The maximum atomic E-state index is 12.6. The van der Waals surface area contributed by atoms with Crippen molar-refractivity contribution in [3.05, 3.63) is 24.3 Å². The van der Waals surface area contributed by atoms with E-state index in [1.807, 2.05) is 20.8 Å². The molecule has 1 aromatic carbocycles. The quantitative estimate of drug-likeness (QED) is 0.679. The van der Waals surface area contributed by atoms with Crippen molar-refractivity contribution >= 4 is 34.0 Å². The van der Waals surface area contributed by atoms with Crippen LogP contribution in [0.25, 0.3) is 0 Å². The number of carbonyl (C=O) groups is 1. The zero-order chi connectivity index (χ0) is 18.7. The van der Waals surface area contributed by atoms with Crippen LogP contribution in [-0.2, 0) is 14.8 Å². The molecule has 0 heterocycles. The lowest BCUT2D eigenvalue weighted by Gasteiger charge is -2.37. The number of amides is 1. The van der Waals surface area contributed by atoms with E-state index in [-0.39, 0.29) is 35.2 Å². The first kappa shape index (κ1) is 22.9. The minimum absolute atomic E-state index is 0. The number of hydrogen-bond acceptors (Lipinski definition) is 4. The molecule has 2 rings (SSSR count). The van der Waals surface area contributed by atoms with Crippen molar-refractivity contribution in [2.45, 2.75) is 69.4 Å². The van der Waals surface area contributed by atoms with Crippen LogP contribution < -0.4 is 15.8 Å². The lowest BCUT2D eigenvalue weighted by molar-refractivity contribution is -0.122. The second-order valence-electron chi connectivity index (χ2n) is 7.25. The molecule has 0 aliphatic heterocycles. The van der Waals surface area contributed by atoms with E-state index in [0.717, 1.165) is 25.7 Å². The van der Waals surface area contributed by atoms with E-state index in [1.54, 1.807) is 12.1 Å². The highest BCUT2D eigenvalue weighted by molar-refractivity contribution is 7.89. The number of anilines is 1. The number of carbonyl (C=O) groups excluding carboxylic acids is 1. The Labute approximate surface area is 162 Å². The number of hydrogen-bond donors (Lipinski definition) is 3. The second-order valence-corrected chi connectivity index (χ2v) is 8.97. The Balaban J connectivity index is 0.00000338. The maximum Gasteiger partial charge on any atom is 0.240 e. The van der Waals surface area contributed by atoms with Crippen LogP contribution in [-0.4, -0.2) is 25.9 Å². The summed E-state index contributed by atoms with van der Waals surface area (Å²) >= 11 is 0. The third-order valence-electron chi connectivity index (χ3n) is 4.95. The number of nitrogens with one attached hydrogen (secondary N) is 2. The van der Waals surface area contributed by atoms with Crippen LogP contribution >= 0.6 is 12.4 Å². The molecule has 148 valence electrons. The maximum absolute atomic E-state index is 12.6. The normalized spacial score (nSPS) is 24.4. The molecule has 1 saturated carbocycles. The smallest absolute Gasteiger partial charge is 0.240 e. The van der Waals surface area contributed by atoms with E-state index in [4.69, 9.17) is 5.73 Å². The van der Waals surface area contributed by atoms with Crippen molar-refractivity contribution in [3.63, 3.8) is 0 Å². The predicted octanol–water partition coefficient (Wildman–Crippen LogP) is 3.03. The van der Waals surface area contributed by atoms with Gasteiger partial charge in [0, 0.05) is 17.3 Å². The van der Waals surface area contributed by atoms with Crippen molar-refractivity contribution in [1.82, 2.24) is 4.72 Å². The molecule has 1 aliphatic carbocycles. The molecule has 1 aliphatic rings. The van der Waals surface area contributed by atoms with Crippen LogP contribution in [0, 0.1) is 5.92 Å². The van der Waals surface area contributed by atoms with E-state index in [2.05, 4.69) is 10.0 Å². The highest BCUT2D eigenvalue weighted by Crippen LogP contribution is 2.32. The number of sulfonamides is 1. The molecule has 6 nitrogen and oxygen atoms in total. The van der Waals surface area contributed by atoms with Gasteiger partial charge in [0.15, 0.2) is 0 Å². The molecule has 4 N–H and O–H groups in total.